The van der Waals surface area contributed by atoms with Gasteiger partial charge in [0, 0.05) is 23.7 Å². The van der Waals surface area contributed by atoms with Crippen molar-refractivity contribution in [2.45, 2.75) is 45.4 Å². The maximum absolute atomic E-state index is 4.68. The first-order valence-electron chi connectivity index (χ1n) is 5.77. The van der Waals surface area contributed by atoms with Gasteiger partial charge in [-0.25, -0.2) is 4.98 Å². The Morgan fingerprint density at radius 1 is 1.47 bits per heavy atom. The van der Waals surface area contributed by atoms with Crippen molar-refractivity contribution >= 4 is 16.3 Å². The average molecular weight is 222 g/mol. The third-order valence-electron chi connectivity index (χ3n) is 2.93. The second-order valence-corrected chi connectivity index (χ2v) is 4.88. The fourth-order valence-corrected chi connectivity index (χ4v) is 2.66. The monoisotopic (exact) mass is 222 g/mol. The standard InChI is InChI=1S/C12H18N2S/c1-3-5-6-10(4-2)11-9-14-7-8-15-12(14)13-11/h7-10H,3-6H2,1-2H3. The Labute approximate surface area is 95.0 Å². The van der Waals surface area contributed by atoms with Gasteiger partial charge in [0.05, 0.1) is 5.69 Å². The number of hydrogen-bond acceptors (Lipinski definition) is 2. The van der Waals surface area contributed by atoms with Gasteiger partial charge in [-0.2, -0.15) is 0 Å². The number of imidazole rings is 1. The quantitative estimate of drug-likeness (QED) is 0.745. The third kappa shape index (κ3) is 2.23. The van der Waals surface area contributed by atoms with Crippen molar-refractivity contribution in [2.75, 3.05) is 0 Å². The molecule has 0 aliphatic heterocycles. The predicted octanol–water partition coefficient (Wildman–Crippen LogP) is 4.08. The fraction of sp³-hybridized carbons (Fsp3) is 0.583. The van der Waals surface area contributed by atoms with Crippen molar-refractivity contribution in [1.82, 2.24) is 9.38 Å². The smallest absolute Gasteiger partial charge is 0.193 e. The van der Waals surface area contributed by atoms with E-state index in [1.807, 2.05) is 0 Å². The summed E-state index contributed by atoms with van der Waals surface area (Å²) in [5.74, 6) is 0.650. The molecule has 0 radical (unpaired) electrons. The van der Waals surface area contributed by atoms with Crippen LogP contribution in [-0.2, 0) is 0 Å². The van der Waals surface area contributed by atoms with E-state index in [9.17, 15) is 0 Å². The number of hydrogen-bond donors (Lipinski definition) is 0. The van der Waals surface area contributed by atoms with Crippen molar-refractivity contribution in [3.05, 3.63) is 23.5 Å². The van der Waals surface area contributed by atoms with Crippen LogP contribution in [-0.4, -0.2) is 9.38 Å². The van der Waals surface area contributed by atoms with E-state index in [-0.39, 0.29) is 0 Å². The maximum Gasteiger partial charge on any atom is 0.193 e. The molecule has 2 aromatic heterocycles. The average Bonchev–Trinajstić information content (AvgIpc) is 2.79. The molecule has 1 atom stereocenters. The second kappa shape index (κ2) is 4.79. The molecular weight excluding hydrogens is 204 g/mol. The minimum absolute atomic E-state index is 0.650. The van der Waals surface area contributed by atoms with Crippen LogP contribution in [0, 0.1) is 0 Å². The van der Waals surface area contributed by atoms with Crippen molar-refractivity contribution in [1.29, 1.82) is 0 Å². The normalized spacial score (nSPS) is 13.5. The van der Waals surface area contributed by atoms with E-state index >= 15 is 0 Å². The molecule has 2 heterocycles. The van der Waals surface area contributed by atoms with Crippen LogP contribution in [0.25, 0.3) is 4.96 Å². The van der Waals surface area contributed by atoms with E-state index in [0.29, 0.717) is 5.92 Å². The van der Waals surface area contributed by atoms with Crippen molar-refractivity contribution < 1.29 is 0 Å². The van der Waals surface area contributed by atoms with E-state index in [0.717, 1.165) is 4.96 Å². The summed E-state index contributed by atoms with van der Waals surface area (Å²) in [5, 5.41) is 2.08. The molecule has 0 aliphatic carbocycles. The Bertz CT molecular complexity index is 387. The summed E-state index contributed by atoms with van der Waals surface area (Å²) in [7, 11) is 0. The Kier molecular flexibility index (Phi) is 3.41. The van der Waals surface area contributed by atoms with Gasteiger partial charge < -0.3 is 0 Å². The number of aromatic nitrogens is 2. The zero-order valence-corrected chi connectivity index (χ0v) is 10.3. The minimum Gasteiger partial charge on any atom is -0.297 e. The molecule has 0 bridgehead atoms. The number of unbranched alkanes of at least 4 members (excludes halogenated alkanes) is 1. The van der Waals surface area contributed by atoms with E-state index < -0.39 is 0 Å². The summed E-state index contributed by atoms with van der Waals surface area (Å²) in [6, 6.07) is 0. The Hall–Kier alpha value is -0.830. The Morgan fingerprint density at radius 3 is 3.00 bits per heavy atom. The molecule has 2 rings (SSSR count). The van der Waals surface area contributed by atoms with Gasteiger partial charge in [0.15, 0.2) is 4.96 Å². The van der Waals surface area contributed by atoms with Gasteiger partial charge in [0.2, 0.25) is 0 Å². The first-order valence-corrected chi connectivity index (χ1v) is 6.65. The molecule has 2 nitrogen and oxygen atoms in total. The lowest BCUT2D eigenvalue weighted by Gasteiger charge is -2.10. The molecule has 0 fully saturated rings. The van der Waals surface area contributed by atoms with Crippen molar-refractivity contribution in [3.8, 4) is 0 Å². The van der Waals surface area contributed by atoms with Gasteiger partial charge in [0.25, 0.3) is 0 Å². The molecule has 0 aromatic carbocycles. The molecule has 0 saturated heterocycles. The second-order valence-electron chi connectivity index (χ2n) is 4.01. The van der Waals surface area contributed by atoms with Crippen molar-refractivity contribution in [3.63, 3.8) is 0 Å². The van der Waals surface area contributed by atoms with Crippen LogP contribution >= 0.6 is 11.3 Å². The number of nitrogens with zero attached hydrogens (tertiary/aromatic N) is 2. The van der Waals surface area contributed by atoms with Crippen LogP contribution in [0.1, 0.15) is 51.1 Å². The SMILES string of the molecule is CCCCC(CC)c1cn2ccsc2n1. The van der Waals surface area contributed by atoms with Gasteiger partial charge in [-0.1, -0.05) is 26.7 Å². The molecule has 15 heavy (non-hydrogen) atoms. The lowest BCUT2D eigenvalue weighted by molar-refractivity contribution is 0.560. The molecule has 0 amide bonds. The van der Waals surface area contributed by atoms with Gasteiger partial charge in [-0.3, -0.25) is 4.40 Å². The summed E-state index contributed by atoms with van der Waals surface area (Å²) >= 11 is 1.71. The third-order valence-corrected chi connectivity index (χ3v) is 3.70. The summed E-state index contributed by atoms with van der Waals surface area (Å²) in [5.41, 5.74) is 1.28. The highest BCUT2D eigenvalue weighted by Crippen LogP contribution is 2.25. The van der Waals surface area contributed by atoms with E-state index in [1.165, 1.54) is 31.4 Å². The predicted molar refractivity (Wildman–Crippen MR) is 65.6 cm³/mol. The van der Waals surface area contributed by atoms with E-state index in [2.05, 4.69) is 41.0 Å². The van der Waals surface area contributed by atoms with Gasteiger partial charge in [-0.15, -0.1) is 11.3 Å². The number of fused-ring (bicyclic) bond motifs is 1. The maximum atomic E-state index is 4.68. The molecule has 2 aromatic rings. The van der Waals surface area contributed by atoms with Crippen molar-refractivity contribution in [2.24, 2.45) is 0 Å². The largest absolute Gasteiger partial charge is 0.297 e. The van der Waals surface area contributed by atoms with Crippen LogP contribution in [0.15, 0.2) is 17.8 Å². The highest BCUT2D eigenvalue weighted by molar-refractivity contribution is 7.15. The first-order chi connectivity index (χ1) is 7.35. The molecule has 0 N–H and O–H groups in total. The molecular formula is C12H18N2S. The molecule has 0 aliphatic rings. The highest BCUT2D eigenvalue weighted by atomic mass is 32.1. The summed E-state index contributed by atoms with van der Waals surface area (Å²) < 4.78 is 2.13. The van der Waals surface area contributed by atoms with E-state index in [4.69, 9.17) is 0 Å². The first kappa shape index (κ1) is 10.7. The van der Waals surface area contributed by atoms with Gasteiger partial charge in [-0.05, 0) is 12.8 Å². The summed E-state index contributed by atoms with van der Waals surface area (Å²) in [4.78, 5) is 5.80. The molecule has 3 heteroatoms. The van der Waals surface area contributed by atoms with Gasteiger partial charge >= 0.3 is 0 Å². The van der Waals surface area contributed by atoms with Crippen LogP contribution in [0.2, 0.25) is 0 Å². The summed E-state index contributed by atoms with van der Waals surface area (Å²) in [6.45, 7) is 4.51. The summed E-state index contributed by atoms with van der Waals surface area (Å²) in [6.07, 6.45) is 9.34. The van der Waals surface area contributed by atoms with E-state index in [1.54, 1.807) is 11.3 Å². The van der Waals surface area contributed by atoms with Crippen LogP contribution in [0.3, 0.4) is 0 Å². The lowest BCUT2D eigenvalue weighted by Crippen LogP contribution is -1.97. The van der Waals surface area contributed by atoms with Gasteiger partial charge in [0.1, 0.15) is 0 Å². The molecule has 0 saturated carbocycles. The minimum atomic E-state index is 0.650. The highest BCUT2D eigenvalue weighted by Gasteiger charge is 2.12. The molecule has 82 valence electrons. The number of rotatable bonds is 5. The lowest BCUT2D eigenvalue weighted by atomic mass is 9.96. The number of thiazole rings is 1. The van der Waals surface area contributed by atoms with Crippen LogP contribution in [0.5, 0.6) is 0 Å². The molecule has 0 spiro atoms. The molecule has 1 unspecified atom stereocenters. The fourth-order valence-electron chi connectivity index (χ4n) is 1.95. The Morgan fingerprint density at radius 2 is 2.33 bits per heavy atom. The van der Waals surface area contributed by atoms with Crippen LogP contribution < -0.4 is 0 Å². The topological polar surface area (TPSA) is 17.3 Å². The van der Waals surface area contributed by atoms with Crippen LogP contribution in [0.4, 0.5) is 0 Å². The zero-order valence-electron chi connectivity index (χ0n) is 9.44. The Balaban J connectivity index is 2.16. The zero-order chi connectivity index (χ0) is 10.7.